The number of alkyl halides is 2. The van der Waals surface area contributed by atoms with Crippen LogP contribution in [0.3, 0.4) is 0 Å². The van der Waals surface area contributed by atoms with Gasteiger partial charge in [0, 0.05) is 30.5 Å². The van der Waals surface area contributed by atoms with Crippen molar-refractivity contribution < 1.29 is 0 Å². The maximum atomic E-state index is 9.03. The lowest BCUT2D eigenvalue weighted by Crippen LogP contribution is -2.28. The van der Waals surface area contributed by atoms with Crippen molar-refractivity contribution in [1.29, 1.82) is 5.26 Å². The van der Waals surface area contributed by atoms with Gasteiger partial charge in [-0.15, -0.1) is 23.2 Å². The van der Waals surface area contributed by atoms with E-state index in [4.69, 9.17) is 34.2 Å². The van der Waals surface area contributed by atoms with Gasteiger partial charge in [-0.25, -0.2) is 0 Å². The van der Waals surface area contributed by atoms with Crippen molar-refractivity contribution in [2.45, 2.75) is 0 Å². The van der Waals surface area contributed by atoms with E-state index in [1.54, 1.807) is 12.1 Å². The van der Waals surface area contributed by atoms with Crippen molar-refractivity contribution in [3.05, 3.63) is 23.8 Å². The topological polar surface area (TPSA) is 53.1 Å². The first kappa shape index (κ1) is 13.0. The van der Waals surface area contributed by atoms with Crippen LogP contribution in [0.4, 0.5) is 11.4 Å². The van der Waals surface area contributed by atoms with E-state index in [1.165, 1.54) is 0 Å². The summed E-state index contributed by atoms with van der Waals surface area (Å²) in [6.07, 6.45) is 0. The maximum Gasteiger partial charge on any atom is 0.101 e. The molecule has 0 aliphatic carbocycles. The fraction of sp³-hybridized carbons (Fsp3) is 0.364. The first-order valence-electron chi connectivity index (χ1n) is 4.89. The Balaban J connectivity index is 3.03. The minimum Gasteiger partial charge on any atom is -0.399 e. The fourth-order valence-electron chi connectivity index (χ4n) is 1.48. The highest BCUT2D eigenvalue weighted by Crippen LogP contribution is 2.22. The lowest BCUT2D eigenvalue weighted by atomic mass is 10.1. The van der Waals surface area contributed by atoms with Crippen molar-refractivity contribution >= 4 is 34.6 Å². The molecule has 0 saturated heterocycles. The molecule has 0 aromatic heterocycles. The number of rotatable bonds is 5. The van der Waals surface area contributed by atoms with Crippen LogP contribution < -0.4 is 10.6 Å². The summed E-state index contributed by atoms with van der Waals surface area (Å²) in [5, 5.41) is 9.03. The second-order valence-corrected chi connectivity index (χ2v) is 4.01. The van der Waals surface area contributed by atoms with Crippen molar-refractivity contribution in [3.8, 4) is 6.07 Å². The van der Waals surface area contributed by atoms with Gasteiger partial charge in [0.1, 0.15) is 6.07 Å². The Hall–Kier alpha value is -1.11. The molecule has 1 rings (SSSR count). The van der Waals surface area contributed by atoms with E-state index in [0.717, 1.165) is 5.69 Å². The summed E-state index contributed by atoms with van der Waals surface area (Å²) >= 11 is 11.4. The van der Waals surface area contributed by atoms with Gasteiger partial charge in [-0.2, -0.15) is 5.26 Å². The molecule has 0 bridgehead atoms. The highest BCUT2D eigenvalue weighted by atomic mass is 35.5. The van der Waals surface area contributed by atoms with Crippen LogP contribution in [0.1, 0.15) is 5.56 Å². The van der Waals surface area contributed by atoms with E-state index in [1.807, 2.05) is 11.0 Å². The van der Waals surface area contributed by atoms with E-state index < -0.39 is 0 Å². The number of nitrogen functional groups attached to an aromatic ring is 1. The molecule has 0 heterocycles. The number of hydrogen-bond donors (Lipinski definition) is 1. The number of anilines is 2. The Morgan fingerprint density at radius 1 is 1.25 bits per heavy atom. The standard InChI is InChI=1S/C11H13Cl2N3/c12-3-5-16(6-4-13)11-2-1-10(15)7-9(11)8-14/h1-2,7H,3-6,15H2. The number of nitrogens with zero attached hydrogens (tertiary/aromatic N) is 2. The van der Waals surface area contributed by atoms with Gasteiger partial charge in [-0.05, 0) is 18.2 Å². The molecule has 0 saturated carbocycles. The summed E-state index contributed by atoms with van der Waals surface area (Å²) in [5.74, 6) is 0.984. The maximum absolute atomic E-state index is 9.03. The Kier molecular flexibility index (Phi) is 5.24. The summed E-state index contributed by atoms with van der Waals surface area (Å²) in [7, 11) is 0. The van der Waals surface area contributed by atoms with Gasteiger partial charge in [0.15, 0.2) is 0 Å². The highest BCUT2D eigenvalue weighted by Gasteiger charge is 2.10. The molecule has 3 nitrogen and oxygen atoms in total. The van der Waals surface area contributed by atoms with Crippen LogP contribution in [0, 0.1) is 11.3 Å². The molecule has 0 fully saturated rings. The predicted molar refractivity (Wildman–Crippen MR) is 69.2 cm³/mol. The number of nitriles is 1. The molecule has 0 spiro atoms. The first-order chi connectivity index (χ1) is 7.72. The highest BCUT2D eigenvalue weighted by molar-refractivity contribution is 6.18. The van der Waals surface area contributed by atoms with E-state index in [-0.39, 0.29) is 0 Å². The molecule has 1 aromatic carbocycles. The minimum atomic E-state index is 0.492. The Labute approximate surface area is 105 Å². The first-order valence-corrected chi connectivity index (χ1v) is 5.96. The molecule has 0 aliphatic rings. The monoisotopic (exact) mass is 257 g/mol. The molecule has 86 valence electrons. The van der Waals surface area contributed by atoms with Crippen molar-refractivity contribution in [2.24, 2.45) is 0 Å². The van der Waals surface area contributed by atoms with Gasteiger partial charge < -0.3 is 10.6 Å². The summed E-state index contributed by atoms with van der Waals surface area (Å²) < 4.78 is 0. The SMILES string of the molecule is N#Cc1cc(N)ccc1N(CCCl)CCCl. The van der Waals surface area contributed by atoms with Crippen LogP contribution in [0.5, 0.6) is 0 Å². The molecule has 0 radical (unpaired) electrons. The molecule has 16 heavy (non-hydrogen) atoms. The van der Waals surface area contributed by atoms with Gasteiger partial charge >= 0.3 is 0 Å². The zero-order valence-electron chi connectivity index (χ0n) is 8.79. The average molecular weight is 258 g/mol. The average Bonchev–Trinajstić information content (AvgIpc) is 2.28. The van der Waals surface area contributed by atoms with Crippen molar-refractivity contribution in [2.75, 3.05) is 35.5 Å². The number of hydrogen-bond acceptors (Lipinski definition) is 3. The van der Waals surface area contributed by atoms with Gasteiger partial charge in [0.25, 0.3) is 0 Å². The summed E-state index contributed by atoms with van der Waals surface area (Å²) in [4.78, 5) is 1.98. The van der Waals surface area contributed by atoms with Crippen LogP contribution in [-0.4, -0.2) is 24.8 Å². The van der Waals surface area contributed by atoms with Crippen LogP contribution in [-0.2, 0) is 0 Å². The van der Waals surface area contributed by atoms with Crippen molar-refractivity contribution in [3.63, 3.8) is 0 Å². The van der Waals surface area contributed by atoms with Crippen LogP contribution >= 0.6 is 23.2 Å². The van der Waals surface area contributed by atoms with Crippen molar-refractivity contribution in [1.82, 2.24) is 0 Å². The number of nitrogens with two attached hydrogens (primary N) is 1. The minimum absolute atomic E-state index is 0.492. The molecule has 0 unspecified atom stereocenters. The molecular weight excluding hydrogens is 245 g/mol. The predicted octanol–water partition coefficient (Wildman–Crippen LogP) is 2.42. The third-order valence-corrected chi connectivity index (χ3v) is 2.53. The quantitative estimate of drug-likeness (QED) is 0.651. The number of halogens is 2. The largest absolute Gasteiger partial charge is 0.399 e. The summed E-state index contributed by atoms with van der Waals surface area (Å²) in [6, 6.07) is 7.38. The lowest BCUT2D eigenvalue weighted by Gasteiger charge is -2.23. The van der Waals surface area contributed by atoms with E-state index >= 15 is 0 Å². The van der Waals surface area contributed by atoms with Gasteiger partial charge in [0.2, 0.25) is 0 Å². The third-order valence-electron chi connectivity index (χ3n) is 2.19. The molecule has 0 aliphatic heterocycles. The normalized spacial score (nSPS) is 9.81. The third kappa shape index (κ3) is 3.19. The zero-order chi connectivity index (χ0) is 12.0. The van der Waals surface area contributed by atoms with E-state index in [9.17, 15) is 0 Å². The lowest BCUT2D eigenvalue weighted by molar-refractivity contribution is 0.872. The Morgan fingerprint density at radius 2 is 1.88 bits per heavy atom. The van der Waals surface area contributed by atoms with Crippen LogP contribution in [0.25, 0.3) is 0 Å². The molecule has 0 amide bonds. The molecular formula is C11H13Cl2N3. The summed E-state index contributed by atoms with van der Waals surface area (Å²) in [5.41, 5.74) is 7.59. The molecule has 0 atom stereocenters. The van der Waals surface area contributed by atoms with Crippen LogP contribution in [0.15, 0.2) is 18.2 Å². The Bertz CT molecular complexity index is 381. The molecule has 2 N–H and O–H groups in total. The zero-order valence-corrected chi connectivity index (χ0v) is 10.3. The van der Waals surface area contributed by atoms with E-state index in [0.29, 0.717) is 36.1 Å². The molecule has 5 heteroatoms. The summed E-state index contributed by atoms with van der Waals surface area (Å²) in [6.45, 7) is 1.32. The van der Waals surface area contributed by atoms with Crippen LogP contribution in [0.2, 0.25) is 0 Å². The smallest absolute Gasteiger partial charge is 0.101 e. The number of benzene rings is 1. The second kappa shape index (κ2) is 6.47. The van der Waals surface area contributed by atoms with Gasteiger partial charge in [0.05, 0.1) is 11.3 Å². The molecule has 1 aromatic rings. The second-order valence-electron chi connectivity index (χ2n) is 3.25. The van der Waals surface area contributed by atoms with Gasteiger partial charge in [-0.1, -0.05) is 0 Å². The van der Waals surface area contributed by atoms with Gasteiger partial charge in [-0.3, -0.25) is 0 Å². The fourth-order valence-corrected chi connectivity index (χ4v) is 1.88. The Morgan fingerprint density at radius 3 is 2.38 bits per heavy atom. The van der Waals surface area contributed by atoms with E-state index in [2.05, 4.69) is 6.07 Å².